The standard InChI is InChI=1S/C25H34BNO2/c1-17(26-28-24(5,6)25(7,8)29-26)18(2)27-21-15-11-9-13-19(21)23(3,4)20-14-10-12-16-22(20)27/h9-18H,1-8H3/t17?,18-/m0/s1. The molecule has 0 radical (unpaired) electrons. The molecule has 2 heterocycles. The zero-order valence-electron chi connectivity index (χ0n) is 19.1. The van der Waals surface area contributed by atoms with Crippen molar-refractivity contribution in [2.45, 2.75) is 83.9 Å². The van der Waals surface area contributed by atoms with Crippen molar-refractivity contribution in [1.82, 2.24) is 0 Å². The molecule has 2 aromatic carbocycles. The second-order valence-corrected chi connectivity index (χ2v) is 10.3. The molecule has 0 N–H and O–H groups in total. The van der Waals surface area contributed by atoms with Gasteiger partial charge in [-0.25, -0.2) is 0 Å². The number of benzene rings is 2. The maximum Gasteiger partial charge on any atom is 0.462 e. The largest absolute Gasteiger partial charge is 0.462 e. The lowest BCUT2D eigenvalue weighted by Gasteiger charge is -2.46. The van der Waals surface area contributed by atoms with Gasteiger partial charge in [0.15, 0.2) is 0 Å². The highest BCUT2D eigenvalue weighted by Gasteiger charge is 2.54. The van der Waals surface area contributed by atoms with Crippen LogP contribution in [0.2, 0.25) is 5.82 Å². The Hall–Kier alpha value is -1.78. The number of para-hydroxylation sites is 2. The molecule has 0 aliphatic carbocycles. The SMILES string of the molecule is CC(B1OC(C)(C)C(C)(C)O1)[C@H](C)N1c2ccccc2C(C)(C)c2ccccc21. The first-order valence-corrected chi connectivity index (χ1v) is 10.8. The molecule has 3 nitrogen and oxygen atoms in total. The average molecular weight is 391 g/mol. The summed E-state index contributed by atoms with van der Waals surface area (Å²) in [4.78, 5) is 2.49. The van der Waals surface area contributed by atoms with Crippen molar-refractivity contribution in [3.63, 3.8) is 0 Å². The third kappa shape index (κ3) is 3.03. The smallest absolute Gasteiger partial charge is 0.403 e. The van der Waals surface area contributed by atoms with E-state index in [4.69, 9.17) is 9.31 Å². The Bertz CT molecular complexity index is 855. The van der Waals surface area contributed by atoms with Gasteiger partial charge in [0.2, 0.25) is 0 Å². The molecule has 154 valence electrons. The third-order valence-corrected chi connectivity index (χ3v) is 7.54. The van der Waals surface area contributed by atoms with Crippen LogP contribution in [0.1, 0.15) is 66.5 Å². The Labute approximate surface area is 176 Å². The van der Waals surface area contributed by atoms with E-state index in [2.05, 4.69) is 109 Å². The van der Waals surface area contributed by atoms with E-state index < -0.39 is 0 Å². The van der Waals surface area contributed by atoms with Crippen molar-refractivity contribution >= 4 is 18.5 Å². The molecule has 29 heavy (non-hydrogen) atoms. The lowest BCUT2D eigenvalue weighted by atomic mass is 9.67. The van der Waals surface area contributed by atoms with Crippen LogP contribution in [0.5, 0.6) is 0 Å². The van der Waals surface area contributed by atoms with Gasteiger partial charge in [-0.3, -0.25) is 0 Å². The van der Waals surface area contributed by atoms with Crippen LogP contribution in [0.25, 0.3) is 0 Å². The van der Waals surface area contributed by atoms with Crippen LogP contribution in [-0.2, 0) is 14.7 Å². The van der Waals surface area contributed by atoms with E-state index in [9.17, 15) is 0 Å². The van der Waals surface area contributed by atoms with Crippen LogP contribution < -0.4 is 4.90 Å². The molecular formula is C25H34BNO2. The molecule has 1 saturated heterocycles. The first-order chi connectivity index (χ1) is 13.5. The topological polar surface area (TPSA) is 21.7 Å². The van der Waals surface area contributed by atoms with Gasteiger partial charge in [0.25, 0.3) is 0 Å². The van der Waals surface area contributed by atoms with Crippen LogP contribution in [0.4, 0.5) is 11.4 Å². The van der Waals surface area contributed by atoms with Gasteiger partial charge in [-0.2, -0.15) is 0 Å². The second-order valence-electron chi connectivity index (χ2n) is 10.3. The van der Waals surface area contributed by atoms with Crippen LogP contribution in [0.15, 0.2) is 48.5 Å². The summed E-state index contributed by atoms with van der Waals surface area (Å²) in [5.41, 5.74) is 4.64. The molecule has 4 rings (SSSR count). The van der Waals surface area contributed by atoms with Gasteiger partial charge in [0, 0.05) is 28.6 Å². The van der Waals surface area contributed by atoms with Gasteiger partial charge in [-0.15, -0.1) is 0 Å². The van der Waals surface area contributed by atoms with Gasteiger partial charge in [-0.05, 0) is 57.9 Å². The highest BCUT2D eigenvalue weighted by atomic mass is 16.7. The highest BCUT2D eigenvalue weighted by molar-refractivity contribution is 6.47. The van der Waals surface area contributed by atoms with E-state index in [0.29, 0.717) is 0 Å². The van der Waals surface area contributed by atoms with Crippen molar-refractivity contribution < 1.29 is 9.31 Å². The van der Waals surface area contributed by atoms with E-state index in [1.165, 1.54) is 22.5 Å². The summed E-state index contributed by atoms with van der Waals surface area (Å²) >= 11 is 0. The fourth-order valence-electron chi connectivity index (χ4n) is 4.70. The van der Waals surface area contributed by atoms with Crippen molar-refractivity contribution in [2.24, 2.45) is 0 Å². The number of rotatable bonds is 3. The molecule has 0 amide bonds. The van der Waals surface area contributed by atoms with Gasteiger partial charge >= 0.3 is 7.12 Å². The molecule has 0 spiro atoms. The first-order valence-electron chi connectivity index (χ1n) is 10.8. The third-order valence-electron chi connectivity index (χ3n) is 7.54. The zero-order chi connectivity index (χ0) is 21.2. The predicted octanol–water partition coefficient (Wildman–Crippen LogP) is 6.33. The molecular weight excluding hydrogens is 357 g/mol. The summed E-state index contributed by atoms with van der Waals surface area (Å²) in [6, 6.07) is 17.8. The number of nitrogens with zero attached hydrogens (tertiary/aromatic N) is 1. The fraction of sp³-hybridized carbons (Fsp3) is 0.520. The van der Waals surface area contributed by atoms with Gasteiger partial charge in [-0.1, -0.05) is 57.2 Å². The van der Waals surface area contributed by atoms with Crippen molar-refractivity contribution in [2.75, 3.05) is 4.90 Å². The molecule has 2 atom stereocenters. The predicted molar refractivity (Wildman–Crippen MR) is 122 cm³/mol. The summed E-state index contributed by atoms with van der Waals surface area (Å²) in [6.45, 7) is 17.7. The second kappa shape index (κ2) is 6.62. The molecule has 0 bridgehead atoms. The Morgan fingerprint density at radius 2 is 1.14 bits per heavy atom. The first kappa shape index (κ1) is 20.5. The molecule has 2 aliphatic rings. The van der Waals surface area contributed by atoms with E-state index in [0.717, 1.165) is 0 Å². The molecule has 1 fully saturated rings. The number of anilines is 2. The Kier molecular flexibility index (Phi) is 4.68. The monoisotopic (exact) mass is 391 g/mol. The van der Waals surface area contributed by atoms with Gasteiger partial charge in [0.05, 0.1) is 11.2 Å². The lowest BCUT2D eigenvalue weighted by molar-refractivity contribution is 0.00578. The minimum atomic E-state index is -0.314. The van der Waals surface area contributed by atoms with E-state index in [1.807, 2.05) is 0 Å². The Morgan fingerprint density at radius 3 is 1.59 bits per heavy atom. The molecule has 0 saturated carbocycles. The highest BCUT2D eigenvalue weighted by Crippen LogP contribution is 2.51. The van der Waals surface area contributed by atoms with Crippen molar-refractivity contribution in [3.05, 3.63) is 59.7 Å². The minimum Gasteiger partial charge on any atom is -0.403 e. The van der Waals surface area contributed by atoms with Gasteiger partial charge < -0.3 is 14.2 Å². The molecule has 2 aromatic rings. The number of hydrogen-bond donors (Lipinski definition) is 0. The number of hydrogen-bond acceptors (Lipinski definition) is 3. The van der Waals surface area contributed by atoms with Crippen molar-refractivity contribution in [3.8, 4) is 0 Å². The molecule has 2 aliphatic heterocycles. The quantitative estimate of drug-likeness (QED) is 0.570. The summed E-state index contributed by atoms with van der Waals surface area (Å²) in [5, 5.41) is 0. The average Bonchev–Trinajstić information content (AvgIpc) is 2.89. The number of fused-ring (bicyclic) bond motifs is 2. The maximum absolute atomic E-state index is 6.41. The van der Waals surface area contributed by atoms with E-state index in [-0.39, 0.29) is 35.6 Å². The minimum absolute atomic E-state index is 0.0308. The molecule has 1 unspecified atom stereocenters. The summed E-state index contributed by atoms with van der Waals surface area (Å²) in [6.07, 6.45) is 0. The summed E-state index contributed by atoms with van der Waals surface area (Å²) < 4.78 is 12.8. The lowest BCUT2D eigenvalue weighted by Crippen LogP contribution is -2.43. The Morgan fingerprint density at radius 1 is 0.724 bits per heavy atom. The van der Waals surface area contributed by atoms with Crippen LogP contribution in [0.3, 0.4) is 0 Å². The Balaban J connectivity index is 1.76. The summed E-state index contributed by atoms with van der Waals surface area (Å²) in [7, 11) is -0.232. The molecule has 4 heteroatoms. The van der Waals surface area contributed by atoms with Crippen LogP contribution in [-0.4, -0.2) is 24.4 Å². The van der Waals surface area contributed by atoms with E-state index in [1.54, 1.807) is 0 Å². The van der Waals surface area contributed by atoms with Crippen LogP contribution >= 0.6 is 0 Å². The van der Waals surface area contributed by atoms with Crippen molar-refractivity contribution in [1.29, 1.82) is 0 Å². The van der Waals surface area contributed by atoms with E-state index >= 15 is 0 Å². The molecule has 0 aromatic heterocycles. The fourth-order valence-corrected chi connectivity index (χ4v) is 4.70. The van der Waals surface area contributed by atoms with Gasteiger partial charge in [0.1, 0.15) is 0 Å². The zero-order valence-corrected chi connectivity index (χ0v) is 19.1. The maximum atomic E-state index is 6.41. The normalized spacial score (nSPS) is 23.3. The summed E-state index contributed by atoms with van der Waals surface area (Å²) in [5.74, 6) is 0.193. The van der Waals surface area contributed by atoms with Crippen LogP contribution in [0, 0.1) is 0 Å².